The fourth-order valence-electron chi connectivity index (χ4n) is 3.79. The summed E-state index contributed by atoms with van der Waals surface area (Å²) in [6, 6.07) is 10.7. The summed E-state index contributed by atoms with van der Waals surface area (Å²) in [6.07, 6.45) is 7.55. The second kappa shape index (κ2) is 11.8. The van der Waals surface area contributed by atoms with Crippen molar-refractivity contribution in [2.75, 3.05) is 13.7 Å². The molecule has 34 heavy (non-hydrogen) atoms. The molecule has 8 heteroatoms. The monoisotopic (exact) mass is 469 g/mol. The van der Waals surface area contributed by atoms with Crippen LogP contribution >= 0.6 is 0 Å². The van der Waals surface area contributed by atoms with Crippen molar-refractivity contribution in [3.8, 4) is 5.75 Å². The Labute approximate surface area is 199 Å². The molecule has 0 radical (unpaired) electrons. The minimum atomic E-state index is -0.924. The number of rotatable bonds is 10. The van der Waals surface area contributed by atoms with E-state index in [4.69, 9.17) is 24.1 Å². The fourth-order valence-corrected chi connectivity index (χ4v) is 3.79. The molecule has 0 unspecified atom stereocenters. The zero-order valence-electron chi connectivity index (χ0n) is 19.7. The molecule has 1 saturated heterocycles. The number of esters is 1. The number of nitrogens with zero attached hydrogens (tertiary/aromatic N) is 1. The molecule has 0 amide bonds. The van der Waals surface area contributed by atoms with Gasteiger partial charge in [0.2, 0.25) is 0 Å². The highest BCUT2D eigenvalue weighted by atomic mass is 16.7. The summed E-state index contributed by atoms with van der Waals surface area (Å²) < 4.78 is 23.6. The van der Waals surface area contributed by atoms with Gasteiger partial charge in [0, 0.05) is 24.7 Å². The number of pyridine rings is 1. The molecule has 2 heterocycles. The number of carboxylic acid groups (broad SMARTS) is 1. The van der Waals surface area contributed by atoms with E-state index >= 15 is 0 Å². The van der Waals surface area contributed by atoms with E-state index in [0.717, 1.165) is 5.56 Å². The van der Waals surface area contributed by atoms with Gasteiger partial charge in [-0.3, -0.25) is 9.78 Å². The highest BCUT2D eigenvalue weighted by molar-refractivity contribution is 5.92. The largest absolute Gasteiger partial charge is 0.482 e. The lowest BCUT2D eigenvalue weighted by Crippen LogP contribution is -2.50. The van der Waals surface area contributed by atoms with E-state index in [-0.39, 0.29) is 18.4 Å². The van der Waals surface area contributed by atoms with Crippen molar-refractivity contribution in [3.05, 3.63) is 72.1 Å². The molecule has 182 valence electrons. The predicted molar refractivity (Wildman–Crippen MR) is 124 cm³/mol. The molecule has 0 saturated carbocycles. The molecule has 1 aromatic heterocycles. The minimum Gasteiger partial charge on any atom is -0.482 e. The molecular formula is C26H31NO7. The molecule has 0 spiro atoms. The third-order valence-electron chi connectivity index (χ3n) is 5.54. The van der Waals surface area contributed by atoms with Gasteiger partial charge >= 0.3 is 11.9 Å². The van der Waals surface area contributed by atoms with E-state index in [2.05, 4.69) is 4.98 Å². The van der Waals surface area contributed by atoms with Gasteiger partial charge in [-0.1, -0.05) is 30.4 Å². The van der Waals surface area contributed by atoms with Crippen molar-refractivity contribution < 1.29 is 33.6 Å². The molecule has 3 atom stereocenters. The second-order valence-corrected chi connectivity index (χ2v) is 8.60. The van der Waals surface area contributed by atoms with Gasteiger partial charge in [-0.25, -0.2) is 4.79 Å². The van der Waals surface area contributed by atoms with E-state index in [1.807, 2.05) is 38.1 Å². The summed E-state index contributed by atoms with van der Waals surface area (Å²) in [4.78, 5) is 27.1. The molecule has 2 aromatic rings. The molecule has 1 N–H and O–H groups in total. The number of aliphatic carboxylic acids is 1. The molecule has 1 aromatic carbocycles. The zero-order valence-corrected chi connectivity index (χ0v) is 19.7. The number of hydrogen-bond acceptors (Lipinski definition) is 7. The van der Waals surface area contributed by atoms with Crippen LogP contribution in [0.2, 0.25) is 0 Å². The average molecular weight is 470 g/mol. The Morgan fingerprint density at radius 3 is 2.71 bits per heavy atom. The van der Waals surface area contributed by atoms with Crippen LogP contribution in [0.4, 0.5) is 0 Å². The maximum absolute atomic E-state index is 12.2. The third kappa shape index (κ3) is 6.65. The Hall–Kier alpha value is -3.23. The number of carbonyl (C=O) groups excluding carboxylic acids is 1. The summed E-state index contributed by atoms with van der Waals surface area (Å²) in [5.74, 6) is -0.909. The number of methoxy groups -OCH3 is 1. The summed E-state index contributed by atoms with van der Waals surface area (Å²) >= 11 is 0. The van der Waals surface area contributed by atoms with E-state index in [9.17, 15) is 9.59 Å². The van der Waals surface area contributed by atoms with E-state index < -0.39 is 23.8 Å². The number of benzene rings is 1. The molecule has 0 bridgehead atoms. The van der Waals surface area contributed by atoms with Crippen molar-refractivity contribution in [1.29, 1.82) is 0 Å². The van der Waals surface area contributed by atoms with Gasteiger partial charge in [-0.05, 0) is 50.5 Å². The van der Waals surface area contributed by atoms with E-state index in [0.29, 0.717) is 30.8 Å². The fraction of sp³-hybridized carbons (Fsp3) is 0.423. The highest BCUT2D eigenvalue weighted by Gasteiger charge is 2.42. The first-order valence-corrected chi connectivity index (χ1v) is 11.2. The first kappa shape index (κ1) is 25.4. The normalized spacial score (nSPS) is 20.7. The number of hydrogen-bond donors (Lipinski definition) is 1. The number of ether oxygens (including phenoxy) is 4. The van der Waals surface area contributed by atoms with E-state index in [1.165, 1.54) is 7.11 Å². The lowest BCUT2D eigenvalue weighted by molar-refractivity contribution is -0.288. The van der Waals surface area contributed by atoms with Crippen LogP contribution in [-0.4, -0.2) is 47.6 Å². The highest BCUT2D eigenvalue weighted by Crippen LogP contribution is 2.38. The SMILES string of the molecule is COC(=O)c1ccccc1OC(C)(C)[C@H]1OC[C@@H](C/C=C\CCC(=O)O)[C@@H](c2cccnc2)O1. The maximum Gasteiger partial charge on any atom is 0.341 e. The van der Waals surface area contributed by atoms with Crippen LogP contribution in [-0.2, 0) is 19.0 Å². The Morgan fingerprint density at radius 2 is 2.00 bits per heavy atom. The van der Waals surface area contributed by atoms with Crippen LogP contribution < -0.4 is 4.74 Å². The van der Waals surface area contributed by atoms with Crippen LogP contribution in [0.15, 0.2) is 60.9 Å². The van der Waals surface area contributed by atoms with Crippen LogP contribution in [0.1, 0.15) is 55.1 Å². The van der Waals surface area contributed by atoms with Crippen molar-refractivity contribution in [1.82, 2.24) is 4.98 Å². The first-order chi connectivity index (χ1) is 16.3. The van der Waals surface area contributed by atoms with Crippen LogP contribution in [0.5, 0.6) is 5.75 Å². The van der Waals surface area contributed by atoms with Gasteiger partial charge in [0.25, 0.3) is 0 Å². The standard InChI is InChI=1S/C26H31NO7/c1-26(2,34-21-13-8-7-12-20(21)24(30)31-3)25-32-17-19(10-5-4-6-14-22(28)29)23(33-25)18-11-9-15-27-16-18/h4-5,7-9,11-13,15-16,19,23,25H,6,10,14,17H2,1-3H3,(H,28,29)/b5-4-/t19-,23-,25+/m1/s1. The van der Waals surface area contributed by atoms with Crippen LogP contribution in [0, 0.1) is 5.92 Å². The van der Waals surface area contributed by atoms with Gasteiger partial charge in [-0.15, -0.1) is 0 Å². The summed E-state index contributed by atoms with van der Waals surface area (Å²) in [5.41, 5.74) is 0.319. The van der Waals surface area contributed by atoms with Gasteiger partial charge < -0.3 is 24.1 Å². The van der Waals surface area contributed by atoms with Gasteiger partial charge in [0.1, 0.15) is 11.3 Å². The minimum absolute atomic E-state index is 0.0136. The third-order valence-corrected chi connectivity index (χ3v) is 5.54. The summed E-state index contributed by atoms with van der Waals surface area (Å²) in [5, 5.41) is 8.81. The number of carbonyl (C=O) groups is 2. The van der Waals surface area contributed by atoms with Crippen molar-refractivity contribution >= 4 is 11.9 Å². The maximum atomic E-state index is 12.2. The van der Waals surface area contributed by atoms with Gasteiger partial charge in [-0.2, -0.15) is 0 Å². The molecule has 1 aliphatic rings. The molecule has 8 nitrogen and oxygen atoms in total. The molecule has 3 rings (SSSR count). The van der Waals surface area contributed by atoms with Gasteiger partial charge in [0.15, 0.2) is 11.9 Å². The lowest BCUT2D eigenvalue weighted by atomic mass is 9.92. The molecule has 1 aliphatic heterocycles. The van der Waals surface area contributed by atoms with Crippen molar-refractivity contribution in [3.63, 3.8) is 0 Å². The quantitative estimate of drug-likeness (QED) is 0.399. The molecular weight excluding hydrogens is 438 g/mol. The van der Waals surface area contributed by atoms with Crippen molar-refractivity contribution in [2.24, 2.45) is 5.92 Å². The van der Waals surface area contributed by atoms with Crippen molar-refractivity contribution in [2.45, 2.75) is 51.1 Å². The summed E-state index contributed by atoms with van der Waals surface area (Å²) in [6.45, 7) is 4.11. The Balaban J connectivity index is 1.75. The van der Waals surface area contributed by atoms with E-state index in [1.54, 1.807) is 36.7 Å². The zero-order chi connectivity index (χ0) is 24.6. The molecule has 0 aliphatic carbocycles. The first-order valence-electron chi connectivity index (χ1n) is 11.2. The number of para-hydroxylation sites is 1. The predicted octanol–water partition coefficient (Wildman–Crippen LogP) is 4.57. The Kier molecular flexibility index (Phi) is 8.79. The number of aromatic nitrogens is 1. The topological polar surface area (TPSA) is 104 Å². The summed E-state index contributed by atoms with van der Waals surface area (Å²) in [7, 11) is 1.33. The second-order valence-electron chi connectivity index (χ2n) is 8.60. The van der Waals surface area contributed by atoms with Gasteiger partial charge in [0.05, 0.1) is 19.8 Å². The average Bonchev–Trinajstić information content (AvgIpc) is 2.84. The Bertz CT molecular complexity index is 990. The Morgan fingerprint density at radius 1 is 1.21 bits per heavy atom. The van der Waals surface area contributed by atoms with Crippen LogP contribution in [0.25, 0.3) is 0 Å². The number of carboxylic acids is 1. The smallest absolute Gasteiger partial charge is 0.341 e. The number of allylic oxidation sites excluding steroid dienone is 2. The lowest BCUT2D eigenvalue weighted by Gasteiger charge is -2.43. The van der Waals surface area contributed by atoms with Crippen LogP contribution in [0.3, 0.4) is 0 Å². The molecule has 1 fully saturated rings.